The Morgan fingerprint density at radius 2 is 1.37 bits per heavy atom. The molecule has 27 heavy (non-hydrogen) atoms. The number of hydrogen-bond donors (Lipinski definition) is 0. The number of Topliss-reactive ketones (excluding diaryl/α,β-unsaturated/α-hetero) is 1. The minimum atomic E-state index is -0.911. The topological polar surface area (TPSA) is 43.4 Å². The first-order valence-corrected chi connectivity index (χ1v) is 9.04. The Morgan fingerprint density at radius 3 is 1.89 bits per heavy atom. The van der Waals surface area contributed by atoms with Gasteiger partial charge in [-0.15, -0.1) is 0 Å². The lowest BCUT2D eigenvalue weighted by Gasteiger charge is -2.20. The van der Waals surface area contributed by atoms with Crippen LogP contribution in [-0.2, 0) is 9.53 Å². The molecule has 0 saturated heterocycles. The number of ketones is 1. The molecule has 136 valence electrons. The Balaban J connectivity index is 1.83. The van der Waals surface area contributed by atoms with Crippen LogP contribution in [0.1, 0.15) is 34.3 Å². The lowest BCUT2D eigenvalue weighted by atomic mass is 9.91. The summed E-state index contributed by atoms with van der Waals surface area (Å²) in [5.41, 5.74) is 2.05. The van der Waals surface area contributed by atoms with Crippen molar-refractivity contribution in [1.29, 1.82) is 0 Å². The summed E-state index contributed by atoms with van der Waals surface area (Å²) in [6.07, 6.45) is -0.911. The van der Waals surface area contributed by atoms with E-state index in [9.17, 15) is 9.59 Å². The van der Waals surface area contributed by atoms with Crippen LogP contribution >= 0.6 is 11.6 Å². The molecule has 4 heteroatoms. The zero-order valence-corrected chi connectivity index (χ0v) is 15.6. The van der Waals surface area contributed by atoms with E-state index in [2.05, 4.69) is 0 Å². The molecule has 3 nitrogen and oxygen atoms in total. The van der Waals surface area contributed by atoms with Gasteiger partial charge in [0, 0.05) is 10.6 Å². The molecule has 0 aromatic heterocycles. The van der Waals surface area contributed by atoms with E-state index in [1.165, 1.54) is 0 Å². The summed E-state index contributed by atoms with van der Waals surface area (Å²) in [6.45, 7) is 1.58. The van der Waals surface area contributed by atoms with Gasteiger partial charge in [-0.1, -0.05) is 84.4 Å². The van der Waals surface area contributed by atoms with Gasteiger partial charge in [-0.2, -0.15) is 0 Å². The zero-order valence-electron chi connectivity index (χ0n) is 14.8. The normalized spacial score (nSPS) is 11.8. The molecular formula is C23H19ClO3. The Hall–Kier alpha value is -2.91. The maximum Gasteiger partial charge on any atom is 0.318 e. The smallest absolute Gasteiger partial charge is 0.318 e. The minimum absolute atomic E-state index is 0.286. The summed E-state index contributed by atoms with van der Waals surface area (Å²) in [5.74, 6) is -1.34. The molecule has 1 unspecified atom stereocenters. The standard InChI is InChI=1S/C23H19ClO3/c1-16(22(25)19-13-8-14-20(24)15-19)27-23(26)21(17-9-4-2-5-10-17)18-11-6-3-7-12-18/h2-16,21H,1H3. The molecule has 0 amide bonds. The number of esters is 1. The third-order valence-corrected chi connectivity index (χ3v) is 4.51. The van der Waals surface area contributed by atoms with Gasteiger partial charge in [0.05, 0.1) is 0 Å². The van der Waals surface area contributed by atoms with Crippen molar-refractivity contribution in [1.82, 2.24) is 0 Å². The summed E-state index contributed by atoms with van der Waals surface area (Å²) in [5, 5.41) is 0.464. The van der Waals surface area contributed by atoms with Crippen molar-refractivity contribution in [2.24, 2.45) is 0 Å². The fraction of sp³-hybridized carbons (Fsp3) is 0.130. The molecular weight excluding hydrogens is 360 g/mol. The van der Waals surface area contributed by atoms with Crippen LogP contribution in [0.2, 0.25) is 5.02 Å². The highest BCUT2D eigenvalue weighted by atomic mass is 35.5. The average Bonchev–Trinajstić information content (AvgIpc) is 2.69. The molecule has 1 atom stereocenters. The number of carbonyl (C=O) groups is 2. The van der Waals surface area contributed by atoms with Crippen LogP contribution in [0.5, 0.6) is 0 Å². The number of carbonyl (C=O) groups excluding carboxylic acids is 2. The average molecular weight is 379 g/mol. The highest BCUT2D eigenvalue weighted by Gasteiger charge is 2.28. The molecule has 0 aliphatic rings. The molecule has 0 saturated carbocycles. The van der Waals surface area contributed by atoms with E-state index in [1.54, 1.807) is 31.2 Å². The van der Waals surface area contributed by atoms with E-state index in [0.29, 0.717) is 10.6 Å². The van der Waals surface area contributed by atoms with E-state index in [1.807, 2.05) is 60.7 Å². The van der Waals surface area contributed by atoms with Gasteiger partial charge in [-0.3, -0.25) is 9.59 Å². The molecule has 3 rings (SSSR count). The Bertz CT molecular complexity index is 883. The second-order valence-corrected chi connectivity index (χ2v) is 6.64. The largest absolute Gasteiger partial charge is 0.454 e. The maximum absolute atomic E-state index is 13.0. The second kappa shape index (κ2) is 8.65. The van der Waals surface area contributed by atoms with Crippen LogP contribution in [0, 0.1) is 0 Å². The van der Waals surface area contributed by atoms with Crippen LogP contribution in [0.25, 0.3) is 0 Å². The van der Waals surface area contributed by atoms with Crippen molar-refractivity contribution in [3.8, 4) is 0 Å². The van der Waals surface area contributed by atoms with E-state index in [0.717, 1.165) is 11.1 Å². The van der Waals surface area contributed by atoms with Crippen LogP contribution in [0.4, 0.5) is 0 Å². The molecule has 0 radical (unpaired) electrons. The maximum atomic E-state index is 13.0. The number of hydrogen-bond acceptors (Lipinski definition) is 3. The lowest BCUT2D eigenvalue weighted by Crippen LogP contribution is -2.28. The van der Waals surface area contributed by atoms with Gasteiger partial charge in [-0.05, 0) is 30.2 Å². The minimum Gasteiger partial charge on any atom is -0.454 e. The van der Waals surface area contributed by atoms with Crippen LogP contribution < -0.4 is 0 Å². The fourth-order valence-electron chi connectivity index (χ4n) is 2.93. The molecule has 0 N–H and O–H groups in total. The van der Waals surface area contributed by atoms with Crippen molar-refractivity contribution in [2.45, 2.75) is 18.9 Å². The Kier molecular flexibility index (Phi) is 6.05. The van der Waals surface area contributed by atoms with Crippen molar-refractivity contribution in [3.05, 3.63) is 107 Å². The van der Waals surface area contributed by atoms with Crippen molar-refractivity contribution in [2.75, 3.05) is 0 Å². The molecule has 0 aliphatic heterocycles. The van der Waals surface area contributed by atoms with E-state index >= 15 is 0 Å². The molecule has 3 aromatic carbocycles. The molecule has 0 spiro atoms. The predicted octanol–water partition coefficient (Wildman–Crippen LogP) is 5.29. The van der Waals surface area contributed by atoms with Crippen molar-refractivity contribution in [3.63, 3.8) is 0 Å². The summed E-state index contributed by atoms with van der Waals surface area (Å²) >= 11 is 5.95. The van der Waals surface area contributed by atoms with E-state index < -0.39 is 18.0 Å². The predicted molar refractivity (Wildman–Crippen MR) is 106 cm³/mol. The third-order valence-electron chi connectivity index (χ3n) is 4.27. The first kappa shape index (κ1) is 18.9. The molecule has 3 aromatic rings. The highest BCUT2D eigenvalue weighted by molar-refractivity contribution is 6.31. The SMILES string of the molecule is CC(OC(=O)C(c1ccccc1)c1ccccc1)C(=O)c1cccc(Cl)c1. The Labute approximate surface area is 163 Å². The monoisotopic (exact) mass is 378 g/mol. The highest BCUT2D eigenvalue weighted by Crippen LogP contribution is 2.27. The lowest BCUT2D eigenvalue weighted by molar-refractivity contribution is -0.147. The third kappa shape index (κ3) is 4.63. The molecule has 0 aliphatic carbocycles. The van der Waals surface area contributed by atoms with Gasteiger partial charge in [-0.25, -0.2) is 0 Å². The van der Waals surface area contributed by atoms with Gasteiger partial charge in [0.2, 0.25) is 5.78 Å². The van der Waals surface area contributed by atoms with Crippen LogP contribution in [0.3, 0.4) is 0 Å². The van der Waals surface area contributed by atoms with Gasteiger partial charge in [0.25, 0.3) is 0 Å². The number of halogens is 1. The van der Waals surface area contributed by atoms with E-state index in [-0.39, 0.29) is 5.78 Å². The first-order valence-electron chi connectivity index (χ1n) is 8.66. The van der Waals surface area contributed by atoms with Crippen molar-refractivity contribution >= 4 is 23.4 Å². The van der Waals surface area contributed by atoms with Gasteiger partial charge < -0.3 is 4.74 Å². The van der Waals surface area contributed by atoms with Gasteiger partial charge in [0.1, 0.15) is 5.92 Å². The molecule has 0 heterocycles. The summed E-state index contributed by atoms with van der Waals surface area (Å²) < 4.78 is 5.55. The van der Waals surface area contributed by atoms with Crippen LogP contribution in [-0.4, -0.2) is 17.9 Å². The zero-order chi connectivity index (χ0) is 19.2. The summed E-state index contributed by atoms with van der Waals surface area (Å²) in [4.78, 5) is 25.5. The second-order valence-electron chi connectivity index (χ2n) is 6.21. The van der Waals surface area contributed by atoms with Gasteiger partial charge in [0.15, 0.2) is 6.10 Å². The summed E-state index contributed by atoms with van der Waals surface area (Å²) in [7, 11) is 0. The number of rotatable bonds is 6. The van der Waals surface area contributed by atoms with E-state index in [4.69, 9.17) is 16.3 Å². The summed E-state index contributed by atoms with van der Waals surface area (Å²) in [6, 6.07) is 25.4. The Morgan fingerprint density at radius 1 is 0.815 bits per heavy atom. The quantitative estimate of drug-likeness (QED) is 0.432. The van der Waals surface area contributed by atoms with Crippen molar-refractivity contribution < 1.29 is 14.3 Å². The van der Waals surface area contributed by atoms with Gasteiger partial charge >= 0.3 is 5.97 Å². The number of benzene rings is 3. The fourth-order valence-corrected chi connectivity index (χ4v) is 3.12. The number of ether oxygens (including phenoxy) is 1. The molecule has 0 fully saturated rings. The molecule has 0 bridgehead atoms. The van der Waals surface area contributed by atoms with Crippen LogP contribution in [0.15, 0.2) is 84.9 Å². The first-order chi connectivity index (χ1) is 13.1.